The zero-order chi connectivity index (χ0) is 11.8. The maximum Gasteiger partial charge on any atom is 0.268 e. The Kier molecular flexibility index (Phi) is 3.13. The molecule has 5 heteroatoms. The summed E-state index contributed by atoms with van der Waals surface area (Å²) in [6.07, 6.45) is -3.10. The van der Waals surface area contributed by atoms with Gasteiger partial charge in [0.05, 0.1) is 5.69 Å². The minimum Gasteiger partial charge on any atom is -0.382 e. The molecule has 0 aliphatic carbocycles. The Morgan fingerprint density at radius 1 is 1.40 bits per heavy atom. The van der Waals surface area contributed by atoms with Crippen molar-refractivity contribution in [2.45, 2.75) is 38.7 Å². The number of rotatable bonds is 2. The van der Waals surface area contributed by atoms with Crippen molar-refractivity contribution in [3.8, 4) is 0 Å². The smallest absolute Gasteiger partial charge is 0.268 e. The predicted octanol–water partition coefficient (Wildman–Crippen LogP) is 2.02. The van der Waals surface area contributed by atoms with E-state index >= 15 is 0 Å². The second-order valence-electron chi connectivity index (χ2n) is 4.64. The van der Waals surface area contributed by atoms with Gasteiger partial charge in [0.25, 0.3) is 6.43 Å². The monoisotopic (exact) mass is 218 g/mol. The Morgan fingerprint density at radius 2 is 1.93 bits per heavy atom. The van der Waals surface area contributed by atoms with Gasteiger partial charge in [0.1, 0.15) is 6.10 Å². The molecule has 15 heavy (non-hydrogen) atoms. The molecule has 3 nitrogen and oxygen atoms in total. The summed E-state index contributed by atoms with van der Waals surface area (Å²) in [7, 11) is 1.65. The molecular weight excluding hydrogens is 202 g/mol. The van der Waals surface area contributed by atoms with E-state index in [1.54, 1.807) is 7.05 Å². The molecule has 0 aliphatic heterocycles. The van der Waals surface area contributed by atoms with Gasteiger partial charge in [-0.05, 0) is 0 Å². The number of aromatic nitrogens is 2. The second kappa shape index (κ2) is 3.89. The van der Waals surface area contributed by atoms with Crippen LogP contribution < -0.4 is 0 Å². The summed E-state index contributed by atoms with van der Waals surface area (Å²) in [5.74, 6) is 0. The third kappa shape index (κ3) is 2.53. The minimum atomic E-state index is -2.78. The van der Waals surface area contributed by atoms with Crippen LogP contribution in [0.2, 0.25) is 0 Å². The van der Waals surface area contributed by atoms with Crippen LogP contribution in [-0.2, 0) is 12.5 Å². The first kappa shape index (κ1) is 12.1. The number of aliphatic hydroxyl groups is 1. The van der Waals surface area contributed by atoms with E-state index in [4.69, 9.17) is 0 Å². The van der Waals surface area contributed by atoms with Crippen LogP contribution in [0, 0.1) is 0 Å². The number of alkyl halides is 2. The number of hydrogen-bond acceptors (Lipinski definition) is 2. The van der Waals surface area contributed by atoms with Crippen LogP contribution in [0.5, 0.6) is 0 Å². The molecular formula is C10H16F2N2O. The number of hydrogen-bond donors (Lipinski definition) is 1. The molecule has 1 aromatic rings. The van der Waals surface area contributed by atoms with E-state index in [1.807, 2.05) is 20.8 Å². The normalized spacial score (nSPS) is 14.7. The average Bonchev–Trinajstić information content (AvgIpc) is 2.44. The van der Waals surface area contributed by atoms with Crippen molar-refractivity contribution < 1.29 is 13.9 Å². The van der Waals surface area contributed by atoms with E-state index < -0.39 is 12.5 Å². The molecule has 1 rings (SSSR count). The van der Waals surface area contributed by atoms with Gasteiger partial charge < -0.3 is 5.11 Å². The highest BCUT2D eigenvalue weighted by atomic mass is 19.3. The number of nitrogens with zero attached hydrogens (tertiary/aromatic N) is 2. The van der Waals surface area contributed by atoms with Crippen molar-refractivity contribution >= 4 is 0 Å². The van der Waals surface area contributed by atoms with Gasteiger partial charge in [-0.2, -0.15) is 5.10 Å². The summed E-state index contributed by atoms with van der Waals surface area (Å²) < 4.78 is 26.3. The Morgan fingerprint density at radius 3 is 2.33 bits per heavy atom. The van der Waals surface area contributed by atoms with E-state index in [0.29, 0.717) is 5.69 Å². The zero-order valence-corrected chi connectivity index (χ0v) is 9.33. The van der Waals surface area contributed by atoms with Gasteiger partial charge in [-0.3, -0.25) is 4.68 Å². The van der Waals surface area contributed by atoms with Crippen molar-refractivity contribution in [1.29, 1.82) is 0 Å². The van der Waals surface area contributed by atoms with Gasteiger partial charge in [-0.25, -0.2) is 8.78 Å². The lowest BCUT2D eigenvalue weighted by atomic mass is 9.88. The van der Waals surface area contributed by atoms with Gasteiger partial charge >= 0.3 is 0 Å². The van der Waals surface area contributed by atoms with Crippen molar-refractivity contribution in [3.05, 3.63) is 17.5 Å². The molecule has 0 aromatic carbocycles. The molecule has 0 amide bonds. The zero-order valence-electron chi connectivity index (χ0n) is 9.33. The van der Waals surface area contributed by atoms with Crippen LogP contribution in [0.25, 0.3) is 0 Å². The second-order valence-corrected chi connectivity index (χ2v) is 4.64. The Hall–Kier alpha value is -0.970. The summed E-state index contributed by atoms with van der Waals surface area (Å²) >= 11 is 0. The fourth-order valence-electron chi connectivity index (χ4n) is 1.44. The first-order valence-corrected chi connectivity index (χ1v) is 4.73. The highest BCUT2D eigenvalue weighted by Crippen LogP contribution is 2.30. The number of aliphatic hydroxyl groups excluding tert-OH is 1. The van der Waals surface area contributed by atoms with Crippen LogP contribution in [0.15, 0.2) is 6.20 Å². The Balaban J connectivity index is 3.18. The summed E-state index contributed by atoms with van der Waals surface area (Å²) in [5.41, 5.74) is 0.365. The standard InChI is InChI=1S/C10H16F2N2O/c1-10(2,3)8-6(5-14(4)13-8)7(15)9(11)12/h5,7,9,15H,1-4H3. The first-order chi connectivity index (χ1) is 6.73. The molecule has 0 saturated carbocycles. The molecule has 0 spiro atoms. The summed E-state index contributed by atoms with van der Waals surface area (Å²) in [5, 5.41) is 13.5. The largest absolute Gasteiger partial charge is 0.382 e. The third-order valence-corrected chi connectivity index (χ3v) is 2.12. The topological polar surface area (TPSA) is 38.0 Å². The van der Waals surface area contributed by atoms with E-state index in [9.17, 15) is 13.9 Å². The molecule has 0 saturated heterocycles. The molecule has 1 unspecified atom stereocenters. The number of halogens is 2. The maximum atomic E-state index is 12.4. The number of aryl methyl sites for hydroxylation is 1. The van der Waals surface area contributed by atoms with Gasteiger partial charge in [0.15, 0.2) is 0 Å². The molecule has 0 radical (unpaired) electrons. The van der Waals surface area contributed by atoms with Gasteiger partial charge in [0, 0.05) is 24.2 Å². The molecule has 1 aromatic heterocycles. The Labute approximate surface area is 87.7 Å². The minimum absolute atomic E-state index is 0.208. The maximum absolute atomic E-state index is 12.4. The van der Waals surface area contributed by atoms with Gasteiger partial charge in [-0.1, -0.05) is 20.8 Å². The summed E-state index contributed by atoms with van der Waals surface area (Å²) in [6.45, 7) is 5.62. The quantitative estimate of drug-likeness (QED) is 0.824. The van der Waals surface area contributed by atoms with Crippen molar-refractivity contribution in [2.75, 3.05) is 0 Å². The van der Waals surface area contributed by atoms with Crippen LogP contribution >= 0.6 is 0 Å². The SMILES string of the molecule is Cn1cc(C(O)C(F)F)c(C(C)(C)C)n1. The fourth-order valence-corrected chi connectivity index (χ4v) is 1.44. The molecule has 0 fully saturated rings. The van der Waals surface area contributed by atoms with Crippen LogP contribution in [0.4, 0.5) is 8.78 Å². The van der Waals surface area contributed by atoms with E-state index in [-0.39, 0.29) is 11.0 Å². The molecule has 0 aliphatic rings. The van der Waals surface area contributed by atoms with Crippen molar-refractivity contribution in [3.63, 3.8) is 0 Å². The van der Waals surface area contributed by atoms with E-state index in [2.05, 4.69) is 5.10 Å². The summed E-state index contributed by atoms with van der Waals surface area (Å²) in [4.78, 5) is 0. The predicted molar refractivity (Wildman–Crippen MR) is 52.9 cm³/mol. The van der Waals surface area contributed by atoms with Crippen LogP contribution in [-0.4, -0.2) is 21.3 Å². The third-order valence-electron chi connectivity index (χ3n) is 2.12. The molecule has 1 heterocycles. The Bertz CT molecular complexity index is 342. The van der Waals surface area contributed by atoms with Crippen molar-refractivity contribution in [1.82, 2.24) is 9.78 Å². The van der Waals surface area contributed by atoms with E-state index in [1.165, 1.54) is 10.9 Å². The molecule has 86 valence electrons. The lowest BCUT2D eigenvalue weighted by Crippen LogP contribution is -2.18. The van der Waals surface area contributed by atoms with Gasteiger partial charge in [0.2, 0.25) is 0 Å². The van der Waals surface area contributed by atoms with Gasteiger partial charge in [-0.15, -0.1) is 0 Å². The lowest BCUT2D eigenvalue weighted by molar-refractivity contribution is -0.00669. The molecule has 1 atom stereocenters. The average molecular weight is 218 g/mol. The highest BCUT2D eigenvalue weighted by Gasteiger charge is 2.29. The van der Waals surface area contributed by atoms with E-state index in [0.717, 1.165) is 0 Å². The molecule has 0 bridgehead atoms. The molecule has 1 N–H and O–H groups in total. The first-order valence-electron chi connectivity index (χ1n) is 4.73. The van der Waals surface area contributed by atoms with Crippen LogP contribution in [0.1, 0.15) is 38.1 Å². The lowest BCUT2D eigenvalue weighted by Gasteiger charge is -2.19. The fraction of sp³-hybridized carbons (Fsp3) is 0.700. The highest BCUT2D eigenvalue weighted by molar-refractivity contribution is 5.26. The van der Waals surface area contributed by atoms with Crippen molar-refractivity contribution in [2.24, 2.45) is 7.05 Å². The summed E-state index contributed by atoms with van der Waals surface area (Å²) in [6, 6.07) is 0. The van der Waals surface area contributed by atoms with Crippen LogP contribution in [0.3, 0.4) is 0 Å².